The van der Waals surface area contributed by atoms with Crippen LogP contribution in [-0.2, 0) is 7.05 Å². The Labute approximate surface area is 214 Å². The van der Waals surface area contributed by atoms with Crippen LogP contribution in [0.5, 0.6) is 0 Å². The first-order valence-corrected chi connectivity index (χ1v) is 11.8. The van der Waals surface area contributed by atoms with Crippen LogP contribution in [0, 0.1) is 17.6 Å². The zero-order valence-electron chi connectivity index (χ0n) is 18.7. The van der Waals surface area contributed by atoms with Crippen molar-refractivity contribution in [3.05, 3.63) is 48.4 Å². The standard InChI is InChI=1S/C22H25F2N7S.2ClH/c1-29-21(18-12-25-7-8-26-18)27-28-22(29)32-11-3-9-30-13-15-6-10-31(19(15)14-30)20-16(23)4-2-5-17(20)24;;/h2,4-5,7-8,12,15,19H,3,6,9-11,13-14H2,1H3;2*1H. The van der Waals surface area contributed by atoms with Crippen molar-refractivity contribution in [2.24, 2.45) is 13.0 Å². The topological polar surface area (TPSA) is 63.0 Å². The average molecular weight is 530 g/mol. The molecule has 0 spiro atoms. The largest absolute Gasteiger partial charge is 0.362 e. The van der Waals surface area contributed by atoms with Gasteiger partial charge in [0.2, 0.25) is 0 Å². The lowest BCUT2D eigenvalue weighted by molar-refractivity contribution is 0.318. The van der Waals surface area contributed by atoms with E-state index in [9.17, 15) is 8.78 Å². The Morgan fingerprint density at radius 2 is 1.88 bits per heavy atom. The predicted molar refractivity (Wildman–Crippen MR) is 134 cm³/mol. The van der Waals surface area contributed by atoms with Crippen molar-refractivity contribution in [3.63, 3.8) is 0 Å². The summed E-state index contributed by atoms with van der Waals surface area (Å²) in [5, 5.41) is 9.38. The first-order chi connectivity index (χ1) is 15.6. The van der Waals surface area contributed by atoms with Crippen LogP contribution in [0.25, 0.3) is 11.5 Å². The SMILES string of the molecule is Cl.Cl.Cn1c(SCCCN2CC3CCN(c4c(F)cccc4F)C3C2)nnc1-c1cnccn1. The maximum atomic E-state index is 14.3. The Balaban J connectivity index is 0.00000162. The molecule has 2 aliphatic heterocycles. The van der Waals surface area contributed by atoms with Gasteiger partial charge in [-0.25, -0.2) is 13.8 Å². The fourth-order valence-corrected chi connectivity index (χ4v) is 5.64. The molecule has 2 saturated heterocycles. The fraction of sp³-hybridized carbons (Fsp3) is 0.455. The van der Waals surface area contributed by atoms with Gasteiger partial charge in [-0.15, -0.1) is 35.0 Å². The van der Waals surface area contributed by atoms with Crippen LogP contribution in [0.3, 0.4) is 0 Å². The lowest BCUT2D eigenvalue weighted by Gasteiger charge is -2.27. The number of thioether (sulfide) groups is 1. The van der Waals surface area contributed by atoms with Crippen molar-refractivity contribution in [2.75, 3.05) is 36.8 Å². The Hall–Kier alpha value is -2.01. The Morgan fingerprint density at radius 3 is 2.62 bits per heavy atom. The summed E-state index contributed by atoms with van der Waals surface area (Å²) in [6, 6.07) is 4.30. The molecule has 2 fully saturated rings. The van der Waals surface area contributed by atoms with Crippen LogP contribution in [0.1, 0.15) is 12.8 Å². The third-order valence-corrected chi connectivity index (χ3v) is 7.43. The third-order valence-electron chi connectivity index (χ3n) is 6.33. The molecule has 0 N–H and O–H groups in total. The number of rotatable bonds is 7. The highest BCUT2D eigenvalue weighted by Gasteiger charge is 2.42. The number of anilines is 1. The minimum absolute atomic E-state index is 0. The van der Waals surface area contributed by atoms with Crippen molar-refractivity contribution >= 4 is 42.3 Å². The van der Waals surface area contributed by atoms with Crippen molar-refractivity contribution < 1.29 is 8.78 Å². The molecule has 2 aliphatic rings. The fourth-order valence-electron chi connectivity index (χ4n) is 4.80. The molecular formula is C22H27Cl2F2N7S. The average Bonchev–Trinajstić information content (AvgIpc) is 3.47. The number of hydrogen-bond acceptors (Lipinski definition) is 7. The van der Waals surface area contributed by atoms with Gasteiger partial charge in [-0.3, -0.25) is 4.98 Å². The Kier molecular flexibility index (Phi) is 9.08. The molecule has 0 radical (unpaired) electrons. The van der Waals surface area contributed by atoms with Crippen LogP contribution in [0.15, 0.2) is 41.9 Å². The van der Waals surface area contributed by atoms with Gasteiger partial charge in [-0.05, 0) is 37.4 Å². The molecule has 1 aromatic carbocycles. The van der Waals surface area contributed by atoms with Crippen molar-refractivity contribution in [2.45, 2.75) is 24.0 Å². The number of nitrogens with zero attached hydrogens (tertiary/aromatic N) is 7. The summed E-state index contributed by atoms with van der Waals surface area (Å²) in [5.74, 6) is 1.16. The maximum Gasteiger partial charge on any atom is 0.191 e. The molecule has 0 saturated carbocycles. The van der Waals surface area contributed by atoms with Gasteiger partial charge in [0.15, 0.2) is 11.0 Å². The zero-order chi connectivity index (χ0) is 22.1. The van der Waals surface area contributed by atoms with Gasteiger partial charge in [-0.2, -0.15) is 0 Å². The van der Waals surface area contributed by atoms with Gasteiger partial charge in [0.05, 0.1) is 6.20 Å². The number of para-hydroxylation sites is 1. The van der Waals surface area contributed by atoms with E-state index in [4.69, 9.17) is 0 Å². The van der Waals surface area contributed by atoms with E-state index in [1.54, 1.807) is 30.4 Å². The van der Waals surface area contributed by atoms with Crippen LogP contribution >= 0.6 is 36.6 Å². The molecule has 0 bridgehead atoms. The number of likely N-dealkylation sites (tertiary alicyclic amines) is 1. The number of halogens is 4. The summed E-state index contributed by atoms with van der Waals surface area (Å²) >= 11 is 1.67. The molecule has 184 valence electrons. The molecule has 4 heterocycles. The highest BCUT2D eigenvalue weighted by Crippen LogP contribution is 2.37. The second-order valence-electron chi connectivity index (χ2n) is 8.30. The molecule has 2 atom stereocenters. The summed E-state index contributed by atoms with van der Waals surface area (Å²) < 4.78 is 30.5. The van der Waals surface area contributed by atoms with E-state index in [1.807, 2.05) is 16.5 Å². The van der Waals surface area contributed by atoms with E-state index in [0.717, 1.165) is 49.9 Å². The molecule has 2 aromatic heterocycles. The van der Waals surface area contributed by atoms with Gasteiger partial charge >= 0.3 is 0 Å². The van der Waals surface area contributed by atoms with E-state index in [-0.39, 0.29) is 36.5 Å². The van der Waals surface area contributed by atoms with Gasteiger partial charge in [0.25, 0.3) is 0 Å². The first-order valence-electron chi connectivity index (χ1n) is 10.8. The van der Waals surface area contributed by atoms with Crippen molar-refractivity contribution in [1.29, 1.82) is 0 Å². The highest BCUT2D eigenvalue weighted by atomic mass is 35.5. The van der Waals surface area contributed by atoms with E-state index >= 15 is 0 Å². The zero-order valence-corrected chi connectivity index (χ0v) is 21.1. The molecule has 3 aromatic rings. The van der Waals surface area contributed by atoms with Crippen LogP contribution < -0.4 is 4.90 Å². The molecule has 2 unspecified atom stereocenters. The Bertz CT molecular complexity index is 1070. The maximum absolute atomic E-state index is 14.3. The minimum atomic E-state index is -0.468. The number of aromatic nitrogens is 5. The lowest BCUT2D eigenvalue weighted by atomic mass is 10.0. The molecule has 12 heteroatoms. The third kappa shape index (κ3) is 5.30. The van der Waals surface area contributed by atoms with Gasteiger partial charge in [0.1, 0.15) is 23.0 Å². The van der Waals surface area contributed by atoms with Crippen LogP contribution in [0.2, 0.25) is 0 Å². The number of benzene rings is 1. The van der Waals surface area contributed by atoms with E-state index in [0.29, 0.717) is 17.4 Å². The minimum Gasteiger partial charge on any atom is -0.362 e. The molecule has 0 amide bonds. The number of hydrogen-bond donors (Lipinski definition) is 0. The van der Waals surface area contributed by atoms with Gasteiger partial charge in [-0.1, -0.05) is 17.8 Å². The summed E-state index contributed by atoms with van der Waals surface area (Å²) in [7, 11) is 1.93. The Morgan fingerprint density at radius 1 is 1.09 bits per heavy atom. The predicted octanol–water partition coefficient (Wildman–Crippen LogP) is 4.09. The summed E-state index contributed by atoms with van der Waals surface area (Å²) in [6.45, 7) is 3.52. The summed E-state index contributed by atoms with van der Waals surface area (Å²) in [6.07, 6.45) is 6.94. The molecule has 7 nitrogen and oxygen atoms in total. The van der Waals surface area contributed by atoms with E-state index < -0.39 is 11.6 Å². The highest BCUT2D eigenvalue weighted by molar-refractivity contribution is 7.99. The first kappa shape index (κ1) is 26.6. The van der Waals surface area contributed by atoms with Gasteiger partial charge in [0, 0.05) is 50.9 Å². The monoisotopic (exact) mass is 529 g/mol. The summed E-state index contributed by atoms with van der Waals surface area (Å²) in [4.78, 5) is 12.7. The van der Waals surface area contributed by atoms with Gasteiger partial charge < -0.3 is 14.4 Å². The molecule has 34 heavy (non-hydrogen) atoms. The van der Waals surface area contributed by atoms with Crippen LogP contribution in [0.4, 0.5) is 14.5 Å². The summed E-state index contributed by atoms with van der Waals surface area (Å²) in [5.41, 5.74) is 0.840. The van der Waals surface area contributed by atoms with Crippen molar-refractivity contribution in [1.82, 2.24) is 29.6 Å². The normalized spacial score (nSPS) is 19.6. The molecule has 5 rings (SSSR count). The second kappa shape index (κ2) is 11.6. The molecule has 0 aliphatic carbocycles. The second-order valence-corrected chi connectivity index (χ2v) is 9.36. The lowest BCUT2D eigenvalue weighted by Crippen LogP contribution is -2.36. The van der Waals surface area contributed by atoms with E-state index in [2.05, 4.69) is 25.1 Å². The van der Waals surface area contributed by atoms with E-state index in [1.165, 1.54) is 18.2 Å². The van der Waals surface area contributed by atoms with Crippen molar-refractivity contribution in [3.8, 4) is 11.5 Å². The quantitative estimate of drug-likeness (QED) is 0.337. The van der Waals surface area contributed by atoms with Crippen LogP contribution in [-0.4, -0.2) is 67.6 Å². The smallest absolute Gasteiger partial charge is 0.191 e. The molecular weight excluding hydrogens is 503 g/mol. The number of fused-ring (bicyclic) bond motifs is 1.